The summed E-state index contributed by atoms with van der Waals surface area (Å²) in [6.07, 6.45) is 8.01. The topological polar surface area (TPSA) is 86.5 Å². The van der Waals surface area contributed by atoms with Crippen LogP contribution in [0.4, 0.5) is 0 Å². The first-order chi connectivity index (χ1) is 14.3. The molecule has 2 aromatic rings. The maximum atomic E-state index is 13.1. The van der Waals surface area contributed by atoms with Crippen LogP contribution in [0, 0.1) is 17.8 Å². The van der Waals surface area contributed by atoms with Crippen LogP contribution in [0.2, 0.25) is 0 Å². The normalized spacial score (nSPS) is 30.2. The second kappa shape index (κ2) is 6.75. The third-order valence-corrected chi connectivity index (χ3v) is 7.28. The molecule has 3 saturated carbocycles. The van der Waals surface area contributed by atoms with Crippen molar-refractivity contribution in [2.45, 2.75) is 56.9 Å². The summed E-state index contributed by atoms with van der Waals surface area (Å²) in [5.74, 6) is 3.66. The lowest BCUT2D eigenvalue weighted by Crippen LogP contribution is -2.41. The van der Waals surface area contributed by atoms with E-state index in [0.29, 0.717) is 35.3 Å². The van der Waals surface area contributed by atoms with E-state index in [1.54, 1.807) is 0 Å². The number of carbonyl (C=O) groups excluding carboxylic acids is 1. The summed E-state index contributed by atoms with van der Waals surface area (Å²) in [6, 6.07) is 5.99. The Morgan fingerprint density at radius 1 is 1.03 bits per heavy atom. The third-order valence-electron chi connectivity index (χ3n) is 7.28. The summed E-state index contributed by atoms with van der Waals surface area (Å²) in [5.41, 5.74) is 0.833. The second-order valence-electron chi connectivity index (χ2n) is 8.90. The Labute approximate surface area is 169 Å². The van der Waals surface area contributed by atoms with Crippen molar-refractivity contribution in [1.29, 1.82) is 0 Å². The van der Waals surface area contributed by atoms with Gasteiger partial charge in [-0.3, -0.25) is 4.79 Å². The molecule has 7 heteroatoms. The zero-order valence-corrected chi connectivity index (χ0v) is 16.3. The van der Waals surface area contributed by atoms with Crippen LogP contribution < -0.4 is 14.8 Å². The summed E-state index contributed by atoms with van der Waals surface area (Å²) in [5, 5.41) is 7.54. The lowest BCUT2D eigenvalue weighted by molar-refractivity contribution is -0.128. The maximum absolute atomic E-state index is 13.1. The van der Waals surface area contributed by atoms with Crippen molar-refractivity contribution in [2.75, 3.05) is 6.79 Å². The fourth-order valence-electron chi connectivity index (χ4n) is 5.91. The third kappa shape index (κ3) is 2.90. The van der Waals surface area contributed by atoms with Crippen LogP contribution in [0.3, 0.4) is 0 Å². The molecule has 1 amide bonds. The van der Waals surface area contributed by atoms with E-state index < -0.39 is 0 Å². The molecule has 4 aliphatic rings. The number of amides is 1. The molecule has 29 heavy (non-hydrogen) atoms. The molecular weight excluding hydrogens is 370 g/mol. The molecule has 6 rings (SSSR count). The fourth-order valence-corrected chi connectivity index (χ4v) is 5.91. The van der Waals surface area contributed by atoms with Crippen molar-refractivity contribution < 1.29 is 18.8 Å². The Balaban J connectivity index is 1.26. The van der Waals surface area contributed by atoms with Crippen LogP contribution in [0.15, 0.2) is 22.7 Å². The number of aromatic nitrogens is 2. The molecule has 4 atom stereocenters. The molecule has 7 nitrogen and oxygen atoms in total. The monoisotopic (exact) mass is 395 g/mol. The molecule has 0 spiro atoms. The highest BCUT2D eigenvalue weighted by atomic mass is 16.7. The molecule has 0 unspecified atom stereocenters. The highest BCUT2D eigenvalue weighted by molar-refractivity contribution is 5.81. The van der Waals surface area contributed by atoms with Gasteiger partial charge in [0.2, 0.25) is 24.4 Å². The number of hydrogen-bond donors (Lipinski definition) is 1. The van der Waals surface area contributed by atoms with Crippen molar-refractivity contribution in [3.05, 3.63) is 24.1 Å². The van der Waals surface area contributed by atoms with Gasteiger partial charge in [-0.1, -0.05) is 18.0 Å². The minimum absolute atomic E-state index is 0.0328. The van der Waals surface area contributed by atoms with Crippen molar-refractivity contribution in [3.63, 3.8) is 0 Å². The SMILES string of the molecule is O=C(NC1CCCC1)[C@H]1[C@H]2CC[C@H](C2)[C@@H]1c1nc(-c2ccc3c(c2)OCO3)no1. The summed E-state index contributed by atoms with van der Waals surface area (Å²) in [4.78, 5) is 17.9. The molecule has 1 aliphatic heterocycles. The Hall–Kier alpha value is -2.57. The van der Waals surface area contributed by atoms with Gasteiger partial charge in [-0.25, -0.2) is 0 Å². The summed E-state index contributed by atoms with van der Waals surface area (Å²) < 4.78 is 16.5. The Kier molecular flexibility index (Phi) is 4.03. The number of nitrogens with zero attached hydrogens (tertiary/aromatic N) is 2. The number of benzene rings is 1. The number of fused-ring (bicyclic) bond motifs is 3. The minimum atomic E-state index is -0.0422. The fraction of sp³-hybridized carbons (Fsp3) is 0.591. The highest BCUT2D eigenvalue weighted by Gasteiger charge is 2.53. The van der Waals surface area contributed by atoms with Gasteiger partial charge in [0.15, 0.2) is 11.5 Å². The van der Waals surface area contributed by atoms with Gasteiger partial charge in [0.05, 0.1) is 11.8 Å². The average molecular weight is 395 g/mol. The first-order valence-corrected chi connectivity index (χ1v) is 10.8. The summed E-state index contributed by atoms with van der Waals surface area (Å²) >= 11 is 0. The lowest BCUT2D eigenvalue weighted by Gasteiger charge is -2.28. The first-order valence-electron chi connectivity index (χ1n) is 10.8. The molecule has 1 aromatic heterocycles. The van der Waals surface area contributed by atoms with Crippen LogP contribution in [-0.2, 0) is 4.79 Å². The van der Waals surface area contributed by atoms with Crippen LogP contribution in [0.1, 0.15) is 56.8 Å². The molecule has 0 saturated heterocycles. The lowest BCUT2D eigenvalue weighted by atomic mass is 9.78. The van der Waals surface area contributed by atoms with E-state index in [1.165, 1.54) is 12.8 Å². The molecule has 1 aromatic carbocycles. The van der Waals surface area contributed by atoms with Gasteiger partial charge in [0, 0.05) is 11.6 Å². The molecule has 2 bridgehead atoms. The van der Waals surface area contributed by atoms with Gasteiger partial charge in [-0.05, 0) is 62.1 Å². The van der Waals surface area contributed by atoms with Gasteiger partial charge < -0.3 is 19.3 Å². The number of nitrogens with one attached hydrogen (secondary N) is 1. The molecule has 3 aliphatic carbocycles. The zero-order chi connectivity index (χ0) is 19.4. The molecule has 2 heterocycles. The Morgan fingerprint density at radius 3 is 2.76 bits per heavy atom. The van der Waals surface area contributed by atoms with Gasteiger partial charge in [-0.2, -0.15) is 4.98 Å². The van der Waals surface area contributed by atoms with E-state index >= 15 is 0 Å². The second-order valence-corrected chi connectivity index (χ2v) is 8.90. The van der Waals surface area contributed by atoms with Gasteiger partial charge >= 0.3 is 0 Å². The van der Waals surface area contributed by atoms with Crippen molar-refractivity contribution in [1.82, 2.24) is 15.5 Å². The van der Waals surface area contributed by atoms with Crippen LogP contribution in [0.5, 0.6) is 11.5 Å². The average Bonchev–Trinajstić information content (AvgIpc) is 3.55. The zero-order valence-electron chi connectivity index (χ0n) is 16.3. The number of hydrogen-bond acceptors (Lipinski definition) is 6. The molecule has 1 N–H and O–H groups in total. The first kappa shape index (κ1) is 17.3. The van der Waals surface area contributed by atoms with Gasteiger partial charge in [0.25, 0.3) is 0 Å². The van der Waals surface area contributed by atoms with Crippen LogP contribution >= 0.6 is 0 Å². The number of ether oxygens (including phenoxy) is 2. The van der Waals surface area contributed by atoms with E-state index in [9.17, 15) is 4.79 Å². The Morgan fingerprint density at radius 2 is 1.86 bits per heavy atom. The minimum Gasteiger partial charge on any atom is -0.454 e. The van der Waals surface area contributed by atoms with Crippen molar-refractivity contribution in [3.8, 4) is 22.9 Å². The van der Waals surface area contributed by atoms with E-state index in [-0.39, 0.29) is 24.5 Å². The van der Waals surface area contributed by atoms with Crippen LogP contribution in [0.25, 0.3) is 11.4 Å². The molecule has 0 radical (unpaired) electrons. The van der Waals surface area contributed by atoms with Crippen molar-refractivity contribution in [2.24, 2.45) is 17.8 Å². The smallest absolute Gasteiger partial charge is 0.231 e. The number of rotatable bonds is 4. The number of carbonyl (C=O) groups is 1. The van der Waals surface area contributed by atoms with E-state index in [1.807, 2.05) is 18.2 Å². The standard InChI is InChI=1S/C22H25N3O4/c26-21(23-15-3-1-2-4-15)18-12-5-6-13(9-12)19(18)22-24-20(25-29-22)14-7-8-16-17(10-14)28-11-27-16/h7-8,10,12-13,15,18-19H,1-6,9,11H2,(H,23,26)/t12-,13+,18-,19-/m0/s1. The van der Waals surface area contributed by atoms with Gasteiger partial charge in [0.1, 0.15) is 0 Å². The maximum Gasteiger partial charge on any atom is 0.231 e. The summed E-state index contributed by atoms with van der Waals surface area (Å²) in [6.45, 7) is 0.235. The quantitative estimate of drug-likeness (QED) is 0.850. The van der Waals surface area contributed by atoms with E-state index in [4.69, 9.17) is 19.0 Å². The van der Waals surface area contributed by atoms with Crippen LogP contribution in [-0.4, -0.2) is 28.9 Å². The predicted molar refractivity (Wildman–Crippen MR) is 103 cm³/mol. The largest absolute Gasteiger partial charge is 0.454 e. The summed E-state index contributed by atoms with van der Waals surface area (Å²) in [7, 11) is 0. The molecule has 3 fully saturated rings. The van der Waals surface area contributed by atoms with E-state index in [2.05, 4.69) is 10.5 Å². The highest BCUT2D eigenvalue weighted by Crippen LogP contribution is 2.56. The van der Waals surface area contributed by atoms with Gasteiger partial charge in [-0.15, -0.1) is 0 Å². The predicted octanol–water partition coefficient (Wildman–Crippen LogP) is 3.65. The molecular formula is C22H25N3O4. The van der Waals surface area contributed by atoms with E-state index in [0.717, 1.165) is 43.4 Å². The Bertz CT molecular complexity index is 936. The van der Waals surface area contributed by atoms with Crippen molar-refractivity contribution >= 4 is 5.91 Å². The molecule has 152 valence electrons.